The first-order valence-corrected chi connectivity index (χ1v) is 7.22. The molecule has 1 saturated carbocycles. The summed E-state index contributed by atoms with van der Waals surface area (Å²) in [4.78, 5) is 27.3. The van der Waals surface area contributed by atoms with Gasteiger partial charge in [0.15, 0.2) is 0 Å². The third-order valence-electron chi connectivity index (χ3n) is 3.91. The van der Waals surface area contributed by atoms with Crippen molar-refractivity contribution < 1.29 is 14.7 Å². The molecule has 1 aromatic rings. The minimum Gasteiger partial charge on any atom is -0.481 e. The van der Waals surface area contributed by atoms with Crippen LogP contribution in [0, 0.1) is 0 Å². The van der Waals surface area contributed by atoms with E-state index in [0.29, 0.717) is 12.8 Å². The molecule has 2 amide bonds. The number of amides is 2. The van der Waals surface area contributed by atoms with Crippen LogP contribution in [-0.4, -0.2) is 27.6 Å². The van der Waals surface area contributed by atoms with Crippen molar-refractivity contribution in [2.24, 2.45) is 0 Å². The first-order chi connectivity index (χ1) is 10.0. The van der Waals surface area contributed by atoms with Gasteiger partial charge < -0.3 is 15.7 Å². The number of carboxylic acid groups (broad SMARTS) is 1. The van der Waals surface area contributed by atoms with Crippen molar-refractivity contribution in [2.75, 3.05) is 0 Å². The van der Waals surface area contributed by atoms with Crippen LogP contribution in [0.2, 0.25) is 0 Å². The topological polar surface area (TPSA) is 91.3 Å². The Bertz CT molecular complexity index is 498. The number of rotatable bonds is 5. The number of nitrogens with zero attached hydrogens (tertiary/aromatic N) is 1. The molecule has 2 rings (SSSR count). The Kier molecular flexibility index (Phi) is 4.77. The molecule has 0 saturated heterocycles. The maximum Gasteiger partial charge on any atom is 0.315 e. The molecule has 0 aliphatic heterocycles. The average Bonchev–Trinajstić information content (AvgIpc) is 2.86. The predicted octanol–water partition coefficient (Wildman–Crippen LogP) is 2.23. The lowest BCUT2D eigenvalue weighted by Crippen LogP contribution is -2.52. The fourth-order valence-electron chi connectivity index (χ4n) is 2.87. The van der Waals surface area contributed by atoms with Crippen molar-refractivity contribution in [2.45, 2.75) is 50.6 Å². The minimum absolute atomic E-state index is 0.0294. The largest absolute Gasteiger partial charge is 0.481 e. The van der Waals surface area contributed by atoms with Crippen LogP contribution >= 0.6 is 0 Å². The van der Waals surface area contributed by atoms with Gasteiger partial charge in [-0.15, -0.1) is 0 Å². The third-order valence-corrected chi connectivity index (χ3v) is 3.91. The minimum atomic E-state index is -0.880. The van der Waals surface area contributed by atoms with Gasteiger partial charge in [-0.3, -0.25) is 9.78 Å². The summed E-state index contributed by atoms with van der Waals surface area (Å²) in [7, 11) is 0. The van der Waals surface area contributed by atoms with E-state index in [1.165, 1.54) is 0 Å². The second kappa shape index (κ2) is 6.56. The second-order valence-electron chi connectivity index (χ2n) is 5.63. The third kappa shape index (κ3) is 4.18. The first kappa shape index (κ1) is 15.3. The van der Waals surface area contributed by atoms with Gasteiger partial charge in [-0.25, -0.2) is 4.79 Å². The molecule has 0 aromatic carbocycles. The number of carbonyl (C=O) groups excluding carboxylic acids is 1. The van der Waals surface area contributed by atoms with Crippen LogP contribution in [0.25, 0.3) is 0 Å². The molecule has 0 radical (unpaired) electrons. The van der Waals surface area contributed by atoms with E-state index in [2.05, 4.69) is 15.6 Å². The predicted molar refractivity (Wildman–Crippen MR) is 77.8 cm³/mol. The summed E-state index contributed by atoms with van der Waals surface area (Å²) in [5, 5.41) is 14.7. The molecule has 6 heteroatoms. The number of aromatic nitrogens is 1. The molecule has 1 heterocycles. The number of hydrogen-bond acceptors (Lipinski definition) is 3. The van der Waals surface area contributed by atoms with Crippen LogP contribution in [0.4, 0.5) is 4.79 Å². The summed E-state index contributed by atoms with van der Waals surface area (Å²) in [6.45, 7) is 1.85. The number of hydrogen-bond donors (Lipinski definition) is 3. The van der Waals surface area contributed by atoms with E-state index >= 15 is 0 Å². The molecule has 1 aliphatic carbocycles. The number of nitrogens with one attached hydrogen (secondary N) is 2. The Labute approximate surface area is 124 Å². The quantitative estimate of drug-likeness (QED) is 0.775. The van der Waals surface area contributed by atoms with Crippen LogP contribution in [0.5, 0.6) is 0 Å². The Morgan fingerprint density at radius 2 is 2.10 bits per heavy atom. The van der Waals surface area contributed by atoms with Crippen LogP contribution in [0.3, 0.4) is 0 Å². The molecule has 21 heavy (non-hydrogen) atoms. The van der Waals surface area contributed by atoms with Gasteiger partial charge in [0.2, 0.25) is 0 Å². The number of carbonyl (C=O) groups is 2. The van der Waals surface area contributed by atoms with E-state index in [1.807, 2.05) is 25.1 Å². The van der Waals surface area contributed by atoms with E-state index < -0.39 is 11.5 Å². The molecule has 0 bridgehead atoms. The van der Waals surface area contributed by atoms with Gasteiger partial charge in [0, 0.05) is 6.20 Å². The number of aliphatic carboxylic acids is 1. The standard InChI is InChI=1S/C15H21N3O3/c1-11(12-6-2-5-9-16-12)17-14(21)18-15(10-13(19)20)7-3-4-8-15/h2,5-6,9,11H,3-4,7-8,10H2,1H3,(H,19,20)(H2,17,18,21). The van der Waals surface area contributed by atoms with Crippen molar-refractivity contribution >= 4 is 12.0 Å². The maximum absolute atomic E-state index is 12.1. The monoisotopic (exact) mass is 291 g/mol. The van der Waals surface area contributed by atoms with E-state index in [4.69, 9.17) is 5.11 Å². The van der Waals surface area contributed by atoms with Crippen molar-refractivity contribution in [1.29, 1.82) is 0 Å². The van der Waals surface area contributed by atoms with Crippen molar-refractivity contribution in [3.8, 4) is 0 Å². The van der Waals surface area contributed by atoms with Gasteiger partial charge in [-0.2, -0.15) is 0 Å². The fraction of sp³-hybridized carbons (Fsp3) is 0.533. The zero-order valence-electron chi connectivity index (χ0n) is 12.1. The molecule has 0 spiro atoms. The lowest BCUT2D eigenvalue weighted by atomic mass is 9.93. The summed E-state index contributed by atoms with van der Waals surface area (Å²) < 4.78 is 0. The molecule has 1 aromatic heterocycles. The summed E-state index contributed by atoms with van der Waals surface area (Å²) in [6, 6.07) is 4.96. The zero-order chi connectivity index (χ0) is 15.3. The van der Waals surface area contributed by atoms with Crippen LogP contribution in [0.1, 0.15) is 50.8 Å². The molecule has 1 fully saturated rings. The van der Waals surface area contributed by atoms with Gasteiger partial charge in [0.05, 0.1) is 23.7 Å². The molecule has 1 atom stereocenters. The van der Waals surface area contributed by atoms with Crippen molar-refractivity contribution in [3.63, 3.8) is 0 Å². The molecule has 1 unspecified atom stereocenters. The molecule has 1 aliphatic rings. The fourth-order valence-corrected chi connectivity index (χ4v) is 2.87. The second-order valence-corrected chi connectivity index (χ2v) is 5.63. The summed E-state index contributed by atoms with van der Waals surface area (Å²) in [5.74, 6) is -0.880. The highest BCUT2D eigenvalue weighted by Crippen LogP contribution is 2.32. The van der Waals surface area contributed by atoms with Crippen molar-refractivity contribution in [1.82, 2.24) is 15.6 Å². The number of urea groups is 1. The molecular formula is C15H21N3O3. The van der Waals surface area contributed by atoms with E-state index in [1.54, 1.807) is 6.20 Å². The van der Waals surface area contributed by atoms with E-state index in [9.17, 15) is 9.59 Å². The van der Waals surface area contributed by atoms with Crippen LogP contribution in [-0.2, 0) is 4.79 Å². The van der Waals surface area contributed by atoms with Gasteiger partial charge in [-0.1, -0.05) is 18.9 Å². The van der Waals surface area contributed by atoms with E-state index in [-0.39, 0.29) is 18.5 Å². The lowest BCUT2D eigenvalue weighted by Gasteiger charge is -2.29. The van der Waals surface area contributed by atoms with Crippen molar-refractivity contribution in [3.05, 3.63) is 30.1 Å². The SMILES string of the molecule is CC(NC(=O)NC1(CC(=O)O)CCCC1)c1ccccn1. The highest BCUT2D eigenvalue weighted by Gasteiger charge is 2.37. The normalized spacial score (nSPS) is 18.0. The van der Waals surface area contributed by atoms with Crippen LogP contribution < -0.4 is 10.6 Å². The van der Waals surface area contributed by atoms with Gasteiger partial charge in [0.1, 0.15) is 0 Å². The Balaban J connectivity index is 1.95. The smallest absolute Gasteiger partial charge is 0.315 e. The van der Waals surface area contributed by atoms with E-state index in [0.717, 1.165) is 18.5 Å². The lowest BCUT2D eigenvalue weighted by molar-refractivity contribution is -0.138. The zero-order valence-corrected chi connectivity index (χ0v) is 12.1. The highest BCUT2D eigenvalue weighted by atomic mass is 16.4. The Morgan fingerprint density at radius 1 is 1.38 bits per heavy atom. The van der Waals surface area contributed by atoms with Crippen LogP contribution in [0.15, 0.2) is 24.4 Å². The number of carboxylic acids is 1. The Hall–Kier alpha value is -2.11. The molecule has 114 valence electrons. The summed E-state index contributed by atoms with van der Waals surface area (Å²) in [6.07, 6.45) is 4.97. The summed E-state index contributed by atoms with van der Waals surface area (Å²) >= 11 is 0. The average molecular weight is 291 g/mol. The highest BCUT2D eigenvalue weighted by molar-refractivity contribution is 5.77. The molecule has 3 N–H and O–H groups in total. The maximum atomic E-state index is 12.1. The first-order valence-electron chi connectivity index (χ1n) is 7.22. The van der Waals surface area contributed by atoms with Gasteiger partial charge in [-0.05, 0) is 31.9 Å². The molecule has 6 nitrogen and oxygen atoms in total. The van der Waals surface area contributed by atoms with Gasteiger partial charge in [0.25, 0.3) is 0 Å². The number of pyridine rings is 1. The van der Waals surface area contributed by atoms with Gasteiger partial charge >= 0.3 is 12.0 Å². The molecular weight excluding hydrogens is 270 g/mol. The Morgan fingerprint density at radius 3 is 2.67 bits per heavy atom. The summed E-state index contributed by atoms with van der Waals surface area (Å²) in [5.41, 5.74) is 0.158.